The molecule has 2 fully saturated rings. The van der Waals surface area contributed by atoms with Crippen molar-refractivity contribution in [1.82, 2.24) is 5.32 Å². The van der Waals surface area contributed by atoms with Gasteiger partial charge in [0.15, 0.2) is 6.29 Å². The van der Waals surface area contributed by atoms with E-state index >= 15 is 0 Å². The fourth-order valence-electron chi connectivity index (χ4n) is 3.03. The first-order valence-corrected chi connectivity index (χ1v) is 9.31. The quantitative estimate of drug-likeness (QED) is 0.218. The highest BCUT2D eigenvalue weighted by Crippen LogP contribution is 2.37. The first kappa shape index (κ1) is 23.9. The molecule has 168 valence electrons. The lowest BCUT2D eigenvalue weighted by Gasteiger charge is -2.42. The van der Waals surface area contributed by atoms with E-state index in [1.54, 1.807) is 0 Å². The van der Waals surface area contributed by atoms with Gasteiger partial charge in [0.1, 0.15) is 30.5 Å². The number of carbonyl (C=O) groups excluding carboxylic acids is 1. The van der Waals surface area contributed by atoms with Crippen LogP contribution >= 0.6 is 0 Å². The zero-order valence-electron chi connectivity index (χ0n) is 16.3. The Morgan fingerprint density at radius 3 is 2.21 bits per heavy atom. The summed E-state index contributed by atoms with van der Waals surface area (Å²) >= 11 is 0. The number of carboxylic acids is 1. The van der Waals surface area contributed by atoms with Crippen molar-refractivity contribution in [3.8, 4) is 0 Å². The van der Waals surface area contributed by atoms with E-state index in [1.807, 2.05) is 0 Å². The number of aliphatic carboxylic acids is 1. The maximum absolute atomic E-state index is 11.2. The average molecular weight is 423 g/mol. The zero-order valence-corrected chi connectivity index (χ0v) is 16.3. The van der Waals surface area contributed by atoms with Gasteiger partial charge in [-0.2, -0.15) is 0 Å². The lowest BCUT2D eigenvalue weighted by Crippen LogP contribution is -2.66. The van der Waals surface area contributed by atoms with E-state index < -0.39 is 36.1 Å². The summed E-state index contributed by atoms with van der Waals surface area (Å²) in [6.45, 7) is 2.61. The van der Waals surface area contributed by atoms with Crippen molar-refractivity contribution < 1.29 is 53.3 Å². The van der Waals surface area contributed by atoms with Crippen LogP contribution in [0.4, 0.5) is 0 Å². The fraction of sp³-hybridized carbons (Fsp3) is 0.882. The summed E-state index contributed by atoms with van der Waals surface area (Å²) in [5.41, 5.74) is -1.20. The number of hydrogen-bond donors (Lipinski definition) is 4. The molecule has 2 aliphatic heterocycles. The minimum atomic E-state index is -1.28. The Hall–Kier alpha value is -1.38. The number of amides is 1. The first-order chi connectivity index (χ1) is 13.9. The van der Waals surface area contributed by atoms with E-state index in [2.05, 4.69) is 5.32 Å². The van der Waals surface area contributed by atoms with E-state index in [4.69, 9.17) is 33.5 Å². The van der Waals surface area contributed by atoms with Gasteiger partial charge in [-0.25, -0.2) is 4.79 Å². The van der Waals surface area contributed by atoms with Gasteiger partial charge in [-0.05, 0) is 0 Å². The van der Waals surface area contributed by atoms with Gasteiger partial charge < -0.3 is 49.1 Å². The summed E-state index contributed by atoms with van der Waals surface area (Å²) < 4.78 is 32.0. The van der Waals surface area contributed by atoms with Crippen LogP contribution in [-0.2, 0) is 38.0 Å². The van der Waals surface area contributed by atoms with Crippen molar-refractivity contribution in [3.05, 3.63) is 0 Å². The van der Waals surface area contributed by atoms with Crippen molar-refractivity contribution >= 4 is 11.9 Å². The molecule has 2 saturated heterocycles. The Kier molecular flexibility index (Phi) is 9.65. The SMILES string of the molecule is CC(=O)NC1C2OCC(COCCOCCOCCOCC(=O)O)(O2)C(O)C1O. The van der Waals surface area contributed by atoms with Gasteiger partial charge in [0.25, 0.3) is 0 Å². The molecule has 0 aliphatic carbocycles. The van der Waals surface area contributed by atoms with Gasteiger partial charge in [-0.3, -0.25) is 4.79 Å². The maximum Gasteiger partial charge on any atom is 0.329 e. The third-order valence-corrected chi connectivity index (χ3v) is 4.42. The van der Waals surface area contributed by atoms with Crippen molar-refractivity contribution in [2.24, 2.45) is 0 Å². The molecule has 0 aromatic rings. The second-order valence-electron chi connectivity index (χ2n) is 6.75. The Morgan fingerprint density at radius 2 is 1.62 bits per heavy atom. The second kappa shape index (κ2) is 11.7. The predicted octanol–water partition coefficient (Wildman–Crippen LogP) is -2.51. The average Bonchev–Trinajstić information content (AvgIpc) is 3.07. The highest BCUT2D eigenvalue weighted by atomic mass is 16.8. The monoisotopic (exact) mass is 423 g/mol. The maximum atomic E-state index is 11.2. The summed E-state index contributed by atoms with van der Waals surface area (Å²) in [7, 11) is 0. The fourth-order valence-corrected chi connectivity index (χ4v) is 3.03. The van der Waals surface area contributed by atoms with E-state index in [-0.39, 0.29) is 52.2 Å². The van der Waals surface area contributed by atoms with Crippen LogP contribution in [0.2, 0.25) is 0 Å². The van der Waals surface area contributed by atoms with Gasteiger partial charge in [-0.1, -0.05) is 0 Å². The molecule has 5 atom stereocenters. The summed E-state index contributed by atoms with van der Waals surface area (Å²) in [5, 5.41) is 31.6. The largest absolute Gasteiger partial charge is 0.480 e. The molecule has 1 amide bonds. The molecule has 0 aromatic heterocycles. The van der Waals surface area contributed by atoms with Crippen molar-refractivity contribution in [2.75, 3.05) is 59.5 Å². The van der Waals surface area contributed by atoms with Gasteiger partial charge in [0.2, 0.25) is 5.91 Å². The van der Waals surface area contributed by atoms with Crippen LogP contribution in [-0.4, -0.2) is 117 Å². The number of fused-ring (bicyclic) bond motifs is 2. The third kappa shape index (κ3) is 7.12. The van der Waals surface area contributed by atoms with Gasteiger partial charge in [0, 0.05) is 6.92 Å². The van der Waals surface area contributed by atoms with Crippen LogP contribution in [0.5, 0.6) is 0 Å². The van der Waals surface area contributed by atoms with Crippen LogP contribution < -0.4 is 5.32 Å². The highest BCUT2D eigenvalue weighted by Gasteiger charge is 2.59. The number of hydrogen-bond acceptors (Lipinski definition) is 10. The minimum Gasteiger partial charge on any atom is -0.480 e. The molecule has 2 bridgehead atoms. The molecule has 2 rings (SSSR count). The molecule has 29 heavy (non-hydrogen) atoms. The van der Waals surface area contributed by atoms with Gasteiger partial charge >= 0.3 is 5.97 Å². The summed E-state index contributed by atoms with van der Waals surface area (Å²) in [4.78, 5) is 21.5. The standard InChI is InChI=1S/C17H29NO11/c1-11(19)18-13-14(22)15(23)17(10-28-16(13)29-17)9-27-7-5-25-3-2-24-4-6-26-8-12(20)21/h13-16,22-23H,2-10H2,1H3,(H,18,19)(H,20,21). The van der Waals surface area contributed by atoms with Crippen LogP contribution in [0.3, 0.4) is 0 Å². The molecule has 2 aliphatic rings. The number of nitrogens with one attached hydrogen (secondary N) is 1. The predicted molar refractivity (Wildman–Crippen MR) is 94.1 cm³/mol. The Bertz CT molecular complexity index is 534. The smallest absolute Gasteiger partial charge is 0.329 e. The van der Waals surface area contributed by atoms with Crippen LogP contribution in [0, 0.1) is 0 Å². The van der Waals surface area contributed by atoms with Crippen molar-refractivity contribution in [2.45, 2.75) is 37.1 Å². The van der Waals surface area contributed by atoms with E-state index in [0.717, 1.165) is 0 Å². The van der Waals surface area contributed by atoms with E-state index in [9.17, 15) is 19.8 Å². The number of aliphatic hydroxyl groups is 2. The third-order valence-electron chi connectivity index (χ3n) is 4.42. The number of carboxylic acid groups (broad SMARTS) is 1. The van der Waals surface area contributed by atoms with Crippen LogP contribution in [0.1, 0.15) is 6.92 Å². The molecule has 5 unspecified atom stereocenters. The van der Waals surface area contributed by atoms with E-state index in [1.165, 1.54) is 6.92 Å². The van der Waals surface area contributed by atoms with Crippen LogP contribution in [0.15, 0.2) is 0 Å². The van der Waals surface area contributed by atoms with Crippen LogP contribution in [0.25, 0.3) is 0 Å². The van der Waals surface area contributed by atoms with Crippen molar-refractivity contribution in [3.63, 3.8) is 0 Å². The Labute approximate surface area is 168 Å². The molecule has 0 aromatic carbocycles. The Morgan fingerprint density at radius 1 is 1.03 bits per heavy atom. The van der Waals surface area contributed by atoms with Gasteiger partial charge in [-0.15, -0.1) is 0 Å². The summed E-state index contributed by atoms with van der Waals surface area (Å²) in [5.74, 6) is -1.39. The number of carbonyl (C=O) groups is 2. The number of aliphatic hydroxyl groups excluding tert-OH is 2. The number of rotatable bonds is 14. The Balaban J connectivity index is 1.55. The number of ether oxygens (including phenoxy) is 6. The highest BCUT2D eigenvalue weighted by molar-refractivity contribution is 5.73. The molecule has 0 radical (unpaired) electrons. The second-order valence-corrected chi connectivity index (χ2v) is 6.75. The lowest BCUT2D eigenvalue weighted by molar-refractivity contribution is -0.238. The molecule has 4 N–H and O–H groups in total. The molecular weight excluding hydrogens is 394 g/mol. The molecular formula is C17H29NO11. The molecule has 0 spiro atoms. The molecule has 12 heteroatoms. The summed E-state index contributed by atoms with van der Waals surface area (Å²) in [6, 6.07) is -0.851. The molecule has 0 saturated carbocycles. The van der Waals surface area contributed by atoms with E-state index in [0.29, 0.717) is 13.2 Å². The van der Waals surface area contributed by atoms with Gasteiger partial charge in [0.05, 0.1) is 52.9 Å². The summed E-state index contributed by atoms with van der Waals surface area (Å²) in [6.07, 6.45) is -3.37. The molecule has 2 heterocycles. The minimum absolute atomic E-state index is 0.00467. The lowest BCUT2D eigenvalue weighted by atomic mass is 9.88. The van der Waals surface area contributed by atoms with Crippen molar-refractivity contribution in [1.29, 1.82) is 0 Å². The topological polar surface area (TPSA) is 162 Å². The zero-order chi connectivity index (χ0) is 21.3. The normalized spacial score (nSPS) is 31.0. The first-order valence-electron chi connectivity index (χ1n) is 9.31. The molecule has 12 nitrogen and oxygen atoms in total.